The fraction of sp³-hybridized carbons (Fsp3) is 0.353. The second kappa shape index (κ2) is 7.64. The number of aliphatic hydroxyl groups is 3. The Kier molecular flexibility index (Phi) is 5.23. The van der Waals surface area contributed by atoms with E-state index in [0.717, 1.165) is 9.13 Å². The van der Waals surface area contributed by atoms with Crippen molar-refractivity contribution in [2.24, 2.45) is 0 Å². The van der Waals surface area contributed by atoms with E-state index < -0.39 is 24.4 Å². The van der Waals surface area contributed by atoms with Crippen molar-refractivity contribution in [1.82, 2.24) is 19.6 Å². The minimum Gasteiger partial charge on any atom is -0.394 e. The number of imidazole rings is 1. The molecule has 10 heteroatoms. The number of nitrogens with one attached hydrogen (secondary N) is 1. The smallest absolute Gasteiger partial charge is 0.197 e. The first-order valence-electron chi connectivity index (χ1n) is 8.38. The summed E-state index contributed by atoms with van der Waals surface area (Å²) in [5.74, 6) is 0.543. The molecule has 0 saturated carbocycles. The molecule has 9 nitrogen and oxygen atoms in total. The molecule has 0 aliphatic carbocycles. The van der Waals surface area contributed by atoms with Crippen molar-refractivity contribution in [2.45, 2.75) is 31.0 Å². The summed E-state index contributed by atoms with van der Waals surface area (Å²) in [5, 5.41) is 36.9. The van der Waals surface area contributed by atoms with Crippen LogP contribution >= 0.6 is 22.6 Å². The molecule has 142 valence electrons. The number of anilines is 1. The lowest BCUT2D eigenvalue weighted by Crippen LogP contribution is -2.32. The monoisotopic (exact) mass is 483 g/mol. The number of halogens is 1. The molecule has 0 radical (unpaired) electrons. The number of aliphatic hydroxyl groups excluding tert-OH is 3. The van der Waals surface area contributed by atoms with E-state index in [0.29, 0.717) is 23.7 Å². The first kappa shape index (κ1) is 18.5. The molecule has 0 amide bonds. The molecule has 1 aliphatic heterocycles. The largest absolute Gasteiger partial charge is 0.394 e. The van der Waals surface area contributed by atoms with E-state index in [1.165, 1.54) is 17.0 Å². The van der Waals surface area contributed by atoms with Crippen molar-refractivity contribution in [1.29, 1.82) is 0 Å². The van der Waals surface area contributed by atoms with Crippen LogP contribution in [-0.4, -0.2) is 59.8 Å². The molecule has 27 heavy (non-hydrogen) atoms. The number of ether oxygens (including phenoxy) is 1. The van der Waals surface area contributed by atoms with Gasteiger partial charge in [0.25, 0.3) is 0 Å². The van der Waals surface area contributed by atoms with Gasteiger partial charge in [-0.1, -0.05) is 12.1 Å². The molecule has 1 aromatic carbocycles. The van der Waals surface area contributed by atoms with Gasteiger partial charge < -0.3 is 25.4 Å². The minimum atomic E-state index is -1.18. The zero-order valence-electron chi connectivity index (χ0n) is 14.1. The van der Waals surface area contributed by atoms with E-state index in [1.807, 2.05) is 18.2 Å². The molecule has 1 aliphatic rings. The fourth-order valence-electron chi connectivity index (χ4n) is 3.13. The Labute approximate surface area is 168 Å². The third-order valence-corrected chi connectivity index (χ3v) is 5.18. The summed E-state index contributed by atoms with van der Waals surface area (Å²) < 4.78 is 8.24. The zero-order chi connectivity index (χ0) is 19.0. The van der Waals surface area contributed by atoms with Gasteiger partial charge in [0.15, 0.2) is 11.5 Å². The quantitative estimate of drug-likeness (QED) is 0.387. The average Bonchev–Trinajstić information content (AvgIpc) is 3.22. The van der Waals surface area contributed by atoms with E-state index in [-0.39, 0.29) is 6.61 Å². The van der Waals surface area contributed by atoms with Gasteiger partial charge in [0, 0.05) is 10.1 Å². The number of hydrogen-bond acceptors (Lipinski definition) is 8. The maximum Gasteiger partial charge on any atom is 0.197 e. The van der Waals surface area contributed by atoms with E-state index in [4.69, 9.17) is 4.74 Å². The molecule has 1 fully saturated rings. The van der Waals surface area contributed by atoms with Crippen molar-refractivity contribution in [3.8, 4) is 0 Å². The van der Waals surface area contributed by atoms with Crippen molar-refractivity contribution in [2.75, 3.05) is 11.9 Å². The molecule has 0 spiro atoms. The molecule has 0 unspecified atom stereocenters. The number of hydrogen-bond donors (Lipinski definition) is 4. The highest BCUT2D eigenvalue weighted by atomic mass is 127. The van der Waals surface area contributed by atoms with Crippen LogP contribution in [0.5, 0.6) is 0 Å². The summed E-state index contributed by atoms with van der Waals surface area (Å²) in [6.45, 7) is 0.183. The zero-order valence-corrected chi connectivity index (χ0v) is 16.3. The van der Waals surface area contributed by atoms with Gasteiger partial charge in [-0.2, -0.15) is 5.10 Å². The predicted octanol–water partition coefficient (Wildman–Crippen LogP) is 0.495. The second-order valence-corrected chi connectivity index (χ2v) is 7.52. The lowest BCUT2D eigenvalue weighted by molar-refractivity contribution is -0.0244. The maximum atomic E-state index is 10.3. The van der Waals surface area contributed by atoms with Gasteiger partial charge in [-0.3, -0.25) is 0 Å². The molecule has 3 heterocycles. The van der Waals surface area contributed by atoms with Gasteiger partial charge in [0.1, 0.15) is 30.7 Å². The third kappa shape index (κ3) is 3.50. The summed E-state index contributed by atoms with van der Waals surface area (Å²) >= 11 is 2.26. The van der Waals surface area contributed by atoms with Crippen LogP contribution in [-0.2, 0) is 11.3 Å². The lowest BCUT2D eigenvalue weighted by Gasteiger charge is -2.14. The number of nitrogens with zero attached hydrogens (tertiary/aromatic N) is 4. The normalized spacial score (nSPS) is 25.2. The second-order valence-electron chi connectivity index (χ2n) is 6.27. The fourth-order valence-corrected chi connectivity index (χ4v) is 3.74. The molecule has 4 atom stereocenters. The summed E-state index contributed by atoms with van der Waals surface area (Å²) in [7, 11) is 0. The maximum absolute atomic E-state index is 10.3. The molecule has 4 rings (SSSR count). The van der Waals surface area contributed by atoms with Crippen LogP contribution in [0.4, 0.5) is 5.82 Å². The Bertz CT molecular complexity index is 952. The highest BCUT2D eigenvalue weighted by Crippen LogP contribution is 2.33. The lowest BCUT2D eigenvalue weighted by atomic mass is 10.1. The van der Waals surface area contributed by atoms with Crippen molar-refractivity contribution in [3.63, 3.8) is 0 Å². The van der Waals surface area contributed by atoms with Gasteiger partial charge in [-0.25, -0.2) is 14.5 Å². The highest BCUT2D eigenvalue weighted by molar-refractivity contribution is 14.1. The van der Waals surface area contributed by atoms with E-state index >= 15 is 0 Å². The molecule has 3 aromatic rings. The molecule has 1 saturated heterocycles. The Morgan fingerprint density at radius 2 is 2.07 bits per heavy atom. The first-order valence-corrected chi connectivity index (χ1v) is 9.45. The van der Waals surface area contributed by atoms with Gasteiger partial charge in [0.05, 0.1) is 18.5 Å². The van der Waals surface area contributed by atoms with Crippen LogP contribution in [0.2, 0.25) is 0 Å². The van der Waals surface area contributed by atoms with Gasteiger partial charge in [-0.15, -0.1) is 0 Å². The minimum absolute atomic E-state index is 0.386. The number of fused-ring (bicyclic) bond motifs is 1. The van der Waals surface area contributed by atoms with Crippen molar-refractivity contribution >= 4 is 34.1 Å². The SMILES string of the molecule is OC[C@H]1O[C@@H](c2cnc3c(NCc4cccc(I)c4)ncnn23)[C@H](O)[C@@H]1O. The standard InChI is InChI=1S/C17H18IN5O4/c18-10-3-1-2-9(4-10)5-19-16-17-20-6-11(23(17)22-8-21-16)15-14(26)13(25)12(7-24)27-15/h1-4,6,8,12-15,24-26H,5,7H2,(H,19,21,22)/t12-,13-,14-,15+/m1/s1. The van der Waals surface area contributed by atoms with Crippen molar-refractivity contribution < 1.29 is 20.1 Å². The Hall–Kier alpha value is -1.86. The summed E-state index contributed by atoms with van der Waals surface area (Å²) in [6.07, 6.45) is -1.14. The summed E-state index contributed by atoms with van der Waals surface area (Å²) in [5.41, 5.74) is 2.07. The topological polar surface area (TPSA) is 125 Å². The molecule has 4 N–H and O–H groups in total. The molecular weight excluding hydrogens is 465 g/mol. The van der Waals surface area contributed by atoms with Crippen LogP contribution in [0.1, 0.15) is 17.4 Å². The predicted molar refractivity (Wildman–Crippen MR) is 104 cm³/mol. The van der Waals surface area contributed by atoms with Crippen molar-refractivity contribution in [3.05, 3.63) is 51.6 Å². The van der Waals surface area contributed by atoms with Crippen LogP contribution in [0.15, 0.2) is 36.8 Å². The molecule has 0 bridgehead atoms. The number of rotatable bonds is 5. The Balaban J connectivity index is 1.60. The third-order valence-electron chi connectivity index (χ3n) is 4.51. The molecule has 2 aromatic heterocycles. The van der Waals surface area contributed by atoms with E-state index in [2.05, 4.69) is 49.0 Å². The van der Waals surface area contributed by atoms with Crippen LogP contribution in [0.25, 0.3) is 5.65 Å². The number of aromatic nitrogens is 4. The Morgan fingerprint density at radius 1 is 1.22 bits per heavy atom. The van der Waals surface area contributed by atoms with Crippen LogP contribution in [0.3, 0.4) is 0 Å². The highest BCUT2D eigenvalue weighted by Gasteiger charge is 2.44. The van der Waals surface area contributed by atoms with Gasteiger partial charge >= 0.3 is 0 Å². The first-order chi connectivity index (χ1) is 13.1. The Morgan fingerprint density at radius 3 is 2.81 bits per heavy atom. The van der Waals surface area contributed by atoms with E-state index in [1.54, 1.807) is 0 Å². The van der Waals surface area contributed by atoms with Crippen LogP contribution < -0.4 is 5.32 Å². The summed E-state index contributed by atoms with van der Waals surface area (Å²) in [6, 6.07) is 8.10. The van der Waals surface area contributed by atoms with Gasteiger partial charge in [0.2, 0.25) is 0 Å². The van der Waals surface area contributed by atoms with Gasteiger partial charge in [-0.05, 0) is 40.3 Å². The number of benzene rings is 1. The van der Waals surface area contributed by atoms with E-state index in [9.17, 15) is 15.3 Å². The summed E-state index contributed by atoms with van der Waals surface area (Å²) in [4.78, 5) is 8.59. The molecular formula is C17H18IN5O4. The van der Waals surface area contributed by atoms with Crippen LogP contribution in [0, 0.1) is 3.57 Å². The average molecular weight is 483 g/mol.